The Hall–Kier alpha value is -2.65. The monoisotopic (exact) mass is 403 g/mol. The van der Waals surface area contributed by atoms with Crippen LogP contribution >= 0.6 is 23.1 Å². The van der Waals surface area contributed by atoms with Gasteiger partial charge < -0.3 is 9.84 Å². The number of likely N-dealkylation sites (N-methyl/N-ethyl adjacent to an activating group) is 1. The molecule has 2 aromatic rings. The third-order valence-corrected chi connectivity index (χ3v) is 5.42. The summed E-state index contributed by atoms with van der Waals surface area (Å²) >= 11 is 2.69. The molecule has 1 saturated heterocycles. The number of aliphatic carboxylic acids is 1. The molecule has 0 spiro atoms. The summed E-state index contributed by atoms with van der Waals surface area (Å²) in [5.74, 6) is -0.804. The van der Waals surface area contributed by atoms with Gasteiger partial charge in [0.1, 0.15) is 5.75 Å². The van der Waals surface area contributed by atoms with Crippen LogP contribution in [0.2, 0.25) is 0 Å². The first-order valence-corrected chi connectivity index (χ1v) is 9.83. The van der Waals surface area contributed by atoms with Crippen molar-refractivity contribution < 1.29 is 19.4 Å². The average molecular weight is 403 g/mol. The molecular weight excluding hydrogens is 386 g/mol. The quantitative estimate of drug-likeness (QED) is 0.742. The minimum atomic E-state index is -1.06. The van der Waals surface area contributed by atoms with Crippen LogP contribution < -0.4 is 4.74 Å². The van der Waals surface area contributed by atoms with Crippen LogP contribution in [-0.4, -0.2) is 45.2 Å². The number of para-hydroxylation sites is 1. The van der Waals surface area contributed by atoms with Gasteiger partial charge in [0.25, 0.3) is 5.91 Å². The van der Waals surface area contributed by atoms with Crippen LogP contribution in [0.5, 0.6) is 5.75 Å². The Morgan fingerprint density at radius 2 is 2.19 bits per heavy atom. The number of ether oxygens (including phenoxy) is 1. The Balaban J connectivity index is 1.90. The van der Waals surface area contributed by atoms with Gasteiger partial charge in [-0.2, -0.15) is 4.99 Å². The predicted octanol–water partition coefficient (Wildman–Crippen LogP) is 3.54. The van der Waals surface area contributed by atoms with Gasteiger partial charge in [-0.3, -0.25) is 9.69 Å². The number of hydrogen-bond donors (Lipinski definition) is 1. The number of carbonyl (C=O) groups excluding carboxylic acids is 1. The maximum absolute atomic E-state index is 12.7. The summed E-state index contributed by atoms with van der Waals surface area (Å²) < 4.78 is 5.31. The SMILES string of the molecule is CCN1C(=O)/C(=C\c2ccccc2OCC(=O)O)S/C1=N/c1nc(C)cs1. The van der Waals surface area contributed by atoms with Crippen molar-refractivity contribution in [2.24, 2.45) is 4.99 Å². The highest BCUT2D eigenvalue weighted by Crippen LogP contribution is 2.35. The summed E-state index contributed by atoms with van der Waals surface area (Å²) in [5.41, 5.74) is 1.52. The Morgan fingerprint density at radius 1 is 1.41 bits per heavy atom. The standard InChI is InChI=1S/C18H17N3O4S2/c1-3-21-16(24)14(27-18(21)20-17-19-11(2)10-26-17)8-12-6-4-5-7-13(12)25-9-15(22)23/h4-8,10H,3,9H2,1-2H3,(H,22,23)/b14-8+,20-18+. The van der Waals surface area contributed by atoms with Crippen molar-refractivity contribution in [3.63, 3.8) is 0 Å². The van der Waals surface area contributed by atoms with E-state index in [2.05, 4.69) is 9.98 Å². The number of thiazole rings is 1. The second kappa shape index (κ2) is 8.36. The van der Waals surface area contributed by atoms with E-state index in [1.54, 1.807) is 35.2 Å². The van der Waals surface area contributed by atoms with Crippen LogP contribution in [0, 0.1) is 6.92 Å². The summed E-state index contributed by atoms with van der Waals surface area (Å²) in [6.07, 6.45) is 1.70. The molecule has 1 aromatic heterocycles. The molecule has 7 nitrogen and oxygen atoms in total. The van der Waals surface area contributed by atoms with Crippen LogP contribution in [0.1, 0.15) is 18.2 Å². The van der Waals surface area contributed by atoms with E-state index in [4.69, 9.17) is 9.84 Å². The number of aliphatic imine (C=N–C) groups is 1. The van der Waals surface area contributed by atoms with Gasteiger partial charge in [-0.05, 0) is 37.8 Å². The van der Waals surface area contributed by atoms with Gasteiger partial charge in [0, 0.05) is 17.5 Å². The summed E-state index contributed by atoms with van der Waals surface area (Å²) in [7, 11) is 0. The smallest absolute Gasteiger partial charge is 0.341 e. The van der Waals surface area contributed by atoms with E-state index in [1.165, 1.54) is 23.1 Å². The molecule has 2 heterocycles. The molecule has 1 amide bonds. The van der Waals surface area contributed by atoms with Crippen molar-refractivity contribution >= 4 is 51.4 Å². The number of amides is 1. The van der Waals surface area contributed by atoms with E-state index in [1.807, 2.05) is 19.2 Å². The highest BCUT2D eigenvalue weighted by Gasteiger charge is 2.32. The van der Waals surface area contributed by atoms with Gasteiger partial charge >= 0.3 is 5.97 Å². The molecule has 0 radical (unpaired) electrons. The van der Waals surface area contributed by atoms with Crippen molar-refractivity contribution in [2.75, 3.05) is 13.2 Å². The summed E-state index contributed by atoms with van der Waals surface area (Å²) in [6, 6.07) is 6.99. The number of nitrogens with zero attached hydrogens (tertiary/aromatic N) is 3. The minimum absolute atomic E-state index is 0.150. The lowest BCUT2D eigenvalue weighted by atomic mass is 10.2. The fourth-order valence-corrected chi connectivity index (χ4v) is 4.11. The zero-order valence-electron chi connectivity index (χ0n) is 14.7. The summed E-state index contributed by atoms with van der Waals surface area (Å²) in [4.78, 5) is 34.4. The number of hydrogen-bond acceptors (Lipinski definition) is 7. The van der Waals surface area contributed by atoms with Gasteiger partial charge in [-0.15, -0.1) is 11.3 Å². The van der Waals surface area contributed by atoms with Crippen LogP contribution in [0.15, 0.2) is 39.5 Å². The molecule has 0 aliphatic carbocycles. The van der Waals surface area contributed by atoms with E-state index < -0.39 is 12.6 Å². The molecule has 27 heavy (non-hydrogen) atoms. The maximum atomic E-state index is 12.7. The van der Waals surface area contributed by atoms with E-state index in [0.717, 1.165) is 5.69 Å². The topological polar surface area (TPSA) is 92.1 Å². The fourth-order valence-electron chi connectivity index (χ4n) is 2.36. The largest absolute Gasteiger partial charge is 0.481 e. The molecular formula is C18H17N3O4S2. The maximum Gasteiger partial charge on any atom is 0.341 e. The number of thioether (sulfide) groups is 1. The van der Waals surface area contributed by atoms with Crippen molar-refractivity contribution in [1.29, 1.82) is 0 Å². The number of aryl methyl sites for hydroxylation is 1. The fraction of sp³-hybridized carbons (Fsp3) is 0.222. The molecule has 1 aliphatic rings. The number of rotatable bonds is 6. The molecule has 0 saturated carbocycles. The van der Waals surface area contributed by atoms with E-state index >= 15 is 0 Å². The molecule has 3 rings (SSSR count). The lowest BCUT2D eigenvalue weighted by molar-refractivity contribution is -0.139. The average Bonchev–Trinajstić information content (AvgIpc) is 3.17. The van der Waals surface area contributed by atoms with Crippen LogP contribution in [0.4, 0.5) is 5.13 Å². The third kappa shape index (κ3) is 4.55. The number of aromatic nitrogens is 1. The zero-order chi connectivity index (χ0) is 19.4. The Morgan fingerprint density at radius 3 is 2.85 bits per heavy atom. The first-order valence-electron chi connectivity index (χ1n) is 8.13. The Labute approximate surface area is 164 Å². The van der Waals surface area contributed by atoms with Crippen LogP contribution in [-0.2, 0) is 9.59 Å². The van der Waals surface area contributed by atoms with Crippen molar-refractivity contribution in [3.8, 4) is 5.75 Å². The first-order chi connectivity index (χ1) is 13.0. The van der Waals surface area contributed by atoms with Crippen molar-refractivity contribution in [2.45, 2.75) is 13.8 Å². The van der Waals surface area contributed by atoms with E-state index in [0.29, 0.717) is 33.1 Å². The second-order valence-electron chi connectivity index (χ2n) is 5.55. The van der Waals surface area contributed by atoms with Gasteiger partial charge in [0.05, 0.1) is 10.6 Å². The molecule has 1 N–H and O–H groups in total. The zero-order valence-corrected chi connectivity index (χ0v) is 16.3. The van der Waals surface area contributed by atoms with Crippen molar-refractivity contribution in [3.05, 3.63) is 45.8 Å². The van der Waals surface area contributed by atoms with E-state index in [9.17, 15) is 9.59 Å². The highest BCUT2D eigenvalue weighted by atomic mass is 32.2. The molecule has 9 heteroatoms. The number of benzene rings is 1. The van der Waals surface area contributed by atoms with Crippen LogP contribution in [0.25, 0.3) is 6.08 Å². The molecule has 1 aliphatic heterocycles. The third-order valence-electron chi connectivity index (χ3n) is 3.56. The van der Waals surface area contributed by atoms with Gasteiger partial charge in [0.15, 0.2) is 11.8 Å². The molecule has 1 aromatic carbocycles. The highest BCUT2D eigenvalue weighted by molar-refractivity contribution is 8.18. The molecule has 0 atom stereocenters. The number of amidine groups is 1. The normalized spacial score (nSPS) is 17.1. The van der Waals surface area contributed by atoms with Gasteiger partial charge in [0.2, 0.25) is 5.13 Å². The van der Waals surface area contributed by atoms with Crippen LogP contribution in [0.3, 0.4) is 0 Å². The summed E-state index contributed by atoms with van der Waals surface area (Å²) in [5, 5.41) is 11.9. The number of carboxylic acids is 1. The predicted molar refractivity (Wildman–Crippen MR) is 106 cm³/mol. The summed E-state index contributed by atoms with van der Waals surface area (Å²) in [6.45, 7) is 3.82. The van der Waals surface area contributed by atoms with Gasteiger partial charge in [-0.1, -0.05) is 18.2 Å². The number of carboxylic acid groups (broad SMARTS) is 1. The minimum Gasteiger partial charge on any atom is -0.481 e. The molecule has 0 unspecified atom stereocenters. The van der Waals surface area contributed by atoms with Gasteiger partial charge in [-0.25, -0.2) is 9.78 Å². The lowest BCUT2D eigenvalue weighted by Gasteiger charge is -2.11. The lowest BCUT2D eigenvalue weighted by Crippen LogP contribution is -2.28. The Kier molecular flexibility index (Phi) is 5.92. The first kappa shape index (κ1) is 19.1. The molecule has 140 valence electrons. The number of carbonyl (C=O) groups is 2. The molecule has 0 bridgehead atoms. The second-order valence-corrected chi connectivity index (χ2v) is 7.39. The van der Waals surface area contributed by atoms with Crippen molar-refractivity contribution in [1.82, 2.24) is 9.88 Å². The molecule has 1 fully saturated rings. The van der Waals surface area contributed by atoms with E-state index in [-0.39, 0.29) is 5.91 Å². The Bertz CT molecular complexity index is 936.